The molecule has 5 rings (SSSR count). The van der Waals surface area contributed by atoms with Crippen molar-refractivity contribution in [3.8, 4) is 0 Å². The van der Waals surface area contributed by atoms with Crippen molar-refractivity contribution in [1.29, 1.82) is 0 Å². The van der Waals surface area contributed by atoms with E-state index in [2.05, 4.69) is 42.8 Å². The Hall–Kier alpha value is -2.34. The fourth-order valence-electron chi connectivity index (χ4n) is 4.40. The van der Waals surface area contributed by atoms with Crippen molar-refractivity contribution in [1.82, 2.24) is 24.7 Å². The molecule has 1 aliphatic heterocycles. The lowest BCUT2D eigenvalue weighted by molar-refractivity contribution is -0.0511. The van der Waals surface area contributed by atoms with Crippen LogP contribution in [0.2, 0.25) is 0 Å². The summed E-state index contributed by atoms with van der Waals surface area (Å²) in [7, 11) is 0. The number of hydrogen-bond donors (Lipinski definition) is 0. The average molecular weight is 392 g/mol. The van der Waals surface area contributed by atoms with Crippen molar-refractivity contribution < 1.29 is 4.74 Å². The van der Waals surface area contributed by atoms with Gasteiger partial charge in [-0.25, -0.2) is 15.0 Å². The van der Waals surface area contributed by atoms with Gasteiger partial charge in [0.1, 0.15) is 5.82 Å². The number of ether oxygens (including phenoxy) is 1. The molecule has 0 radical (unpaired) electrons. The molecule has 3 aromatic rings. The maximum atomic E-state index is 6.30. The molecule has 2 aliphatic rings. The Bertz CT molecular complexity index is 1040. The first kappa shape index (κ1) is 18.7. The van der Waals surface area contributed by atoms with Gasteiger partial charge in [0.25, 0.3) is 0 Å². The van der Waals surface area contributed by atoms with Gasteiger partial charge in [-0.2, -0.15) is 5.10 Å². The van der Waals surface area contributed by atoms with E-state index in [1.807, 2.05) is 19.2 Å². The van der Waals surface area contributed by atoms with Crippen LogP contribution in [0.3, 0.4) is 0 Å². The summed E-state index contributed by atoms with van der Waals surface area (Å²) in [6.07, 6.45) is 8.64. The summed E-state index contributed by atoms with van der Waals surface area (Å²) in [6, 6.07) is 4.74. The number of pyridine rings is 1. The highest BCUT2D eigenvalue weighted by molar-refractivity contribution is 5.78. The van der Waals surface area contributed by atoms with Crippen LogP contribution in [-0.2, 0) is 4.74 Å². The highest BCUT2D eigenvalue weighted by Crippen LogP contribution is 2.41. The Morgan fingerprint density at radius 1 is 1.10 bits per heavy atom. The average Bonchev–Trinajstić information content (AvgIpc) is 3.42. The first-order chi connectivity index (χ1) is 14.0. The van der Waals surface area contributed by atoms with Gasteiger partial charge in [0.05, 0.1) is 30.1 Å². The van der Waals surface area contributed by atoms with Gasteiger partial charge in [0.2, 0.25) is 0 Å². The van der Waals surface area contributed by atoms with Crippen LogP contribution in [0.5, 0.6) is 0 Å². The van der Waals surface area contributed by atoms with E-state index in [-0.39, 0.29) is 18.1 Å². The van der Waals surface area contributed by atoms with Crippen LogP contribution in [0.4, 0.5) is 0 Å². The van der Waals surface area contributed by atoms with Crippen LogP contribution in [-0.4, -0.2) is 30.8 Å². The minimum atomic E-state index is 0.0449. The number of aryl methyl sites for hydroxylation is 1. The predicted octanol–water partition coefficient (Wildman–Crippen LogP) is 5.01. The highest BCUT2D eigenvalue weighted by Gasteiger charge is 2.33. The van der Waals surface area contributed by atoms with Crippen molar-refractivity contribution in [2.75, 3.05) is 0 Å². The van der Waals surface area contributed by atoms with Crippen molar-refractivity contribution in [2.24, 2.45) is 0 Å². The summed E-state index contributed by atoms with van der Waals surface area (Å²) in [5.41, 5.74) is 4.07. The molecular formula is C23H29N5O. The van der Waals surface area contributed by atoms with Gasteiger partial charge in [-0.05, 0) is 57.6 Å². The van der Waals surface area contributed by atoms with Gasteiger partial charge in [-0.15, -0.1) is 0 Å². The standard InChI is InChI=1S/C23H29N5O/c1-13(2)21-19-8-5-14(3)25-23(19)27-22(26-21)16-9-15(4)29-20(10-16)17-11-24-28(12-17)18-6-7-18/h5,8,11-13,15-16,18,20H,6-7,9-10H2,1-4H3/t15-,16-,20+/m1/s1. The SMILES string of the molecule is Cc1ccc2c(C(C)C)nc([C@@H]3C[C@@H](C)O[C@H](c4cnn(C5CC5)c4)C3)nc2n1. The number of nitrogens with zero attached hydrogens (tertiary/aromatic N) is 5. The van der Waals surface area contributed by atoms with Crippen LogP contribution >= 0.6 is 0 Å². The summed E-state index contributed by atoms with van der Waals surface area (Å²) < 4.78 is 8.40. The van der Waals surface area contributed by atoms with Crippen LogP contribution in [0.25, 0.3) is 11.0 Å². The quantitative estimate of drug-likeness (QED) is 0.625. The number of aromatic nitrogens is 5. The third-order valence-electron chi connectivity index (χ3n) is 6.08. The monoisotopic (exact) mass is 391 g/mol. The van der Waals surface area contributed by atoms with Gasteiger partial charge in [0, 0.05) is 28.8 Å². The van der Waals surface area contributed by atoms with E-state index >= 15 is 0 Å². The van der Waals surface area contributed by atoms with E-state index in [9.17, 15) is 0 Å². The highest BCUT2D eigenvalue weighted by atomic mass is 16.5. The first-order valence-electron chi connectivity index (χ1n) is 10.8. The summed E-state index contributed by atoms with van der Waals surface area (Å²) >= 11 is 0. The van der Waals surface area contributed by atoms with Crippen molar-refractivity contribution in [3.63, 3.8) is 0 Å². The van der Waals surface area contributed by atoms with Gasteiger partial charge in [0.15, 0.2) is 5.65 Å². The molecule has 0 unspecified atom stereocenters. The zero-order valence-electron chi connectivity index (χ0n) is 17.7. The number of fused-ring (bicyclic) bond motifs is 1. The van der Waals surface area contributed by atoms with Crippen molar-refractivity contribution in [3.05, 3.63) is 47.3 Å². The molecule has 1 saturated heterocycles. The van der Waals surface area contributed by atoms with Gasteiger partial charge in [-0.1, -0.05) is 13.8 Å². The Morgan fingerprint density at radius 3 is 2.69 bits per heavy atom. The van der Waals surface area contributed by atoms with E-state index in [0.29, 0.717) is 12.0 Å². The minimum Gasteiger partial charge on any atom is -0.370 e. The second-order valence-corrected chi connectivity index (χ2v) is 9.03. The molecule has 0 N–H and O–H groups in total. The molecule has 0 bridgehead atoms. The summed E-state index contributed by atoms with van der Waals surface area (Å²) in [6.45, 7) is 8.54. The third-order valence-corrected chi connectivity index (χ3v) is 6.08. The Kier molecular flexibility index (Phi) is 4.62. The molecule has 152 valence electrons. The Labute approximate surface area is 171 Å². The molecule has 3 atom stereocenters. The maximum absolute atomic E-state index is 6.30. The first-order valence-corrected chi connectivity index (χ1v) is 10.8. The Morgan fingerprint density at radius 2 is 1.93 bits per heavy atom. The molecule has 29 heavy (non-hydrogen) atoms. The molecule has 0 spiro atoms. The molecule has 2 fully saturated rings. The summed E-state index contributed by atoms with van der Waals surface area (Å²) in [4.78, 5) is 14.6. The van der Waals surface area contributed by atoms with Crippen LogP contribution < -0.4 is 0 Å². The minimum absolute atomic E-state index is 0.0449. The Balaban J connectivity index is 1.49. The molecule has 6 heteroatoms. The maximum Gasteiger partial charge on any atom is 0.163 e. The molecule has 6 nitrogen and oxygen atoms in total. The zero-order chi connectivity index (χ0) is 20.1. The van der Waals surface area contributed by atoms with Gasteiger partial charge < -0.3 is 4.74 Å². The normalized spacial score (nSPS) is 25.1. The van der Waals surface area contributed by atoms with Crippen molar-refractivity contribution in [2.45, 2.75) is 83.5 Å². The predicted molar refractivity (Wildman–Crippen MR) is 112 cm³/mol. The molecule has 1 saturated carbocycles. The van der Waals surface area contributed by atoms with Crippen LogP contribution in [0, 0.1) is 6.92 Å². The lowest BCUT2D eigenvalue weighted by Gasteiger charge is -2.33. The van der Waals surface area contributed by atoms with E-state index in [4.69, 9.17) is 19.7 Å². The second-order valence-electron chi connectivity index (χ2n) is 9.03. The molecular weight excluding hydrogens is 362 g/mol. The largest absolute Gasteiger partial charge is 0.370 e. The molecule has 0 amide bonds. The molecule has 4 heterocycles. The van der Waals surface area contributed by atoms with E-state index in [1.54, 1.807) is 0 Å². The molecule has 0 aromatic carbocycles. The lowest BCUT2D eigenvalue weighted by Crippen LogP contribution is -2.26. The van der Waals surface area contributed by atoms with E-state index in [1.165, 1.54) is 18.4 Å². The van der Waals surface area contributed by atoms with E-state index in [0.717, 1.165) is 41.1 Å². The number of hydrogen-bond acceptors (Lipinski definition) is 5. The third kappa shape index (κ3) is 3.66. The van der Waals surface area contributed by atoms with Crippen LogP contribution in [0.15, 0.2) is 24.5 Å². The lowest BCUT2D eigenvalue weighted by atomic mass is 9.89. The molecule has 3 aromatic heterocycles. The van der Waals surface area contributed by atoms with Gasteiger partial charge >= 0.3 is 0 Å². The second kappa shape index (κ2) is 7.17. The molecule has 1 aliphatic carbocycles. The van der Waals surface area contributed by atoms with Gasteiger partial charge in [-0.3, -0.25) is 4.68 Å². The topological polar surface area (TPSA) is 65.7 Å². The smallest absolute Gasteiger partial charge is 0.163 e. The van der Waals surface area contributed by atoms with E-state index < -0.39 is 0 Å². The van der Waals surface area contributed by atoms with Crippen molar-refractivity contribution >= 4 is 11.0 Å². The number of rotatable bonds is 4. The van der Waals surface area contributed by atoms with Crippen LogP contribution in [0.1, 0.15) is 93.2 Å². The summed E-state index contributed by atoms with van der Waals surface area (Å²) in [5.74, 6) is 1.50. The zero-order valence-corrected chi connectivity index (χ0v) is 17.7. The fourth-order valence-corrected chi connectivity index (χ4v) is 4.40. The fraction of sp³-hybridized carbons (Fsp3) is 0.565. The summed E-state index contributed by atoms with van der Waals surface area (Å²) in [5, 5.41) is 5.63.